The molecular weight excluding hydrogens is 436 g/mol. The molecule has 1 amide bonds. The molecule has 3 aromatic carbocycles. The van der Waals surface area contributed by atoms with Gasteiger partial charge in [-0.2, -0.15) is 0 Å². The second-order valence-electron chi connectivity index (χ2n) is 8.18. The van der Waals surface area contributed by atoms with Gasteiger partial charge >= 0.3 is 0 Å². The van der Waals surface area contributed by atoms with Crippen LogP contribution in [0.1, 0.15) is 15.9 Å². The predicted octanol–water partition coefficient (Wildman–Crippen LogP) is 6.03. The molecule has 0 atom stereocenters. The van der Waals surface area contributed by atoms with E-state index in [4.69, 9.17) is 10.2 Å². The van der Waals surface area contributed by atoms with Gasteiger partial charge in [0.1, 0.15) is 28.6 Å². The number of pyridine rings is 1. The maximum atomic E-state index is 14.3. The Hall–Kier alpha value is -4.52. The molecule has 0 spiro atoms. The molecular formula is C27H17F2N3O2. The van der Waals surface area contributed by atoms with Crippen molar-refractivity contribution in [1.82, 2.24) is 10.3 Å². The Balaban J connectivity index is 1.37. The normalized spacial score (nSPS) is 11.6. The molecule has 5 nitrogen and oxygen atoms in total. The van der Waals surface area contributed by atoms with E-state index in [1.807, 2.05) is 18.2 Å². The molecule has 0 radical (unpaired) electrons. The van der Waals surface area contributed by atoms with Crippen molar-refractivity contribution in [1.29, 1.82) is 0 Å². The highest BCUT2D eigenvalue weighted by molar-refractivity contribution is 6.26. The Morgan fingerprint density at radius 3 is 2.44 bits per heavy atom. The third-order valence-corrected chi connectivity index (χ3v) is 6.02. The number of furan rings is 2. The number of carbonyl (C=O) groups excluding carboxylic acids is 1. The number of fused-ring (bicyclic) bond motifs is 8. The van der Waals surface area contributed by atoms with E-state index < -0.39 is 11.6 Å². The van der Waals surface area contributed by atoms with Crippen LogP contribution in [0, 0.1) is 11.6 Å². The summed E-state index contributed by atoms with van der Waals surface area (Å²) in [5.41, 5.74) is 9.30. The molecule has 2 bridgehead atoms. The smallest absolute Gasteiger partial charge is 0.251 e. The molecule has 34 heavy (non-hydrogen) atoms. The molecule has 3 aromatic heterocycles. The van der Waals surface area contributed by atoms with Gasteiger partial charge in [0.05, 0.1) is 0 Å². The first-order valence-corrected chi connectivity index (χ1v) is 10.6. The number of benzene rings is 4. The summed E-state index contributed by atoms with van der Waals surface area (Å²) in [6.07, 6.45) is 1.59. The molecule has 0 saturated heterocycles. The lowest BCUT2D eigenvalue weighted by atomic mass is 9.97. The first-order valence-electron chi connectivity index (χ1n) is 10.6. The van der Waals surface area contributed by atoms with Gasteiger partial charge < -0.3 is 15.5 Å². The number of amides is 1. The quantitative estimate of drug-likeness (QED) is 0.320. The highest BCUT2D eigenvalue weighted by Crippen LogP contribution is 2.42. The van der Waals surface area contributed by atoms with Crippen molar-refractivity contribution in [3.8, 4) is 11.1 Å². The van der Waals surface area contributed by atoms with Crippen LogP contribution in [0.2, 0.25) is 0 Å². The molecule has 7 heteroatoms. The molecule has 6 rings (SSSR count). The Labute approximate surface area is 192 Å². The summed E-state index contributed by atoms with van der Waals surface area (Å²) in [6, 6.07) is 17.9. The molecule has 0 saturated carbocycles. The number of nitrogen functional groups attached to an aromatic ring is 1. The van der Waals surface area contributed by atoms with E-state index in [0.29, 0.717) is 40.2 Å². The van der Waals surface area contributed by atoms with Crippen LogP contribution in [0.3, 0.4) is 0 Å². The van der Waals surface area contributed by atoms with Crippen LogP contribution in [-0.2, 0) is 6.54 Å². The van der Waals surface area contributed by atoms with Gasteiger partial charge in [0.2, 0.25) is 0 Å². The van der Waals surface area contributed by atoms with E-state index in [9.17, 15) is 13.6 Å². The van der Waals surface area contributed by atoms with Crippen molar-refractivity contribution in [2.45, 2.75) is 6.54 Å². The minimum Gasteiger partial charge on any atom is -0.455 e. The number of hydrogen-bond acceptors (Lipinski definition) is 4. The van der Waals surface area contributed by atoms with Gasteiger partial charge in [0.25, 0.3) is 5.91 Å². The van der Waals surface area contributed by atoms with Crippen LogP contribution < -0.4 is 11.1 Å². The first-order chi connectivity index (χ1) is 16.5. The van der Waals surface area contributed by atoms with Crippen LogP contribution >= 0.6 is 0 Å². The zero-order valence-corrected chi connectivity index (χ0v) is 17.7. The molecule has 166 valence electrons. The lowest BCUT2D eigenvalue weighted by Gasteiger charge is -2.07. The average molecular weight is 453 g/mol. The van der Waals surface area contributed by atoms with Crippen LogP contribution in [0.25, 0.3) is 43.8 Å². The lowest BCUT2D eigenvalue weighted by Crippen LogP contribution is -2.22. The maximum Gasteiger partial charge on any atom is 0.251 e. The fraction of sp³-hybridized carbons (Fsp3) is 0.0370. The largest absolute Gasteiger partial charge is 0.455 e. The number of carbonyl (C=O) groups is 1. The lowest BCUT2D eigenvalue weighted by molar-refractivity contribution is 0.0951. The van der Waals surface area contributed by atoms with Gasteiger partial charge in [-0.25, -0.2) is 13.8 Å². The standard InChI is InChI=1S/C27H17F2N3O2/c28-17-3-6-18(23(29)12-17)15-1-4-19-21(10-15)26-22-11-16(2-5-20(22)25(19)34-26)27(33)32-13-14-7-8-31-24(30)9-14/h1-12H,13H2,(H2,30,31)(H,32,33). The average Bonchev–Trinajstić information content (AvgIpc) is 3.39. The number of aromatic nitrogens is 1. The van der Waals surface area contributed by atoms with Crippen molar-refractivity contribution in [3.05, 3.63) is 95.7 Å². The van der Waals surface area contributed by atoms with Gasteiger partial charge in [0.15, 0.2) is 0 Å². The van der Waals surface area contributed by atoms with E-state index in [1.165, 1.54) is 12.1 Å². The van der Waals surface area contributed by atoms with Crippen molar-refractivity contribution >= 4 is 44.4 Å². The van der Waals surface area contributed by atoms with Crippen LogP contribution in [-0.4, -0.2) is 10.9 Å². The van der Waals surface area contributed by atoms with Crippen molar-refractivity contribution in [2.75, 3.05) is 5.73 Å². The number of nitrogens with one attached hydrogen (secondary N) is 1. The van der Waals surface area contributed by atoms with Gasteiger partial charge in [-0.05, 0) is 65.7 Å². The SMILES string of the molecule is Nc1cc(CNC(=O)c2ccc3c(c2)c2oc3c3ccc(-c4ccc(F)cc4F)cc32)ccn1. The Morgan fingerprint density at radius 1 is 0.882 bits per heavy atom. The number of rotatable bonds is 4. The first kappa shape index (κ1) is 20.1. The summed E-state index contributed by atoms with van der Waals surface area (Å²) in [7, 11) is 0. The third-order valence-electron chi connectivity index (χ3n) is 6.02. The summed E-state index contributed by atoms with van der Waals surface area (Å²) in [4.78, 5) is 16.7. The fourth-order valence-electron chi connectivity index (χ4n) is 4.39. The van der Waals surface area contributed by atoms with E-state index in [-0.39, 0.29) is 5.91 Å². The van der Waals surface area contributed by atoms with Crippen molar-refractivity contribution < 1.29 is 18.0 Å². The maximum absolute atomic E-state index is 14.3. The number of nitrogens with two attached hydrogens (primary N) is 1. The Morgan fingerprint density at radius 2 is 1.65 bits per heavy atom. The minimum atomic E-state index is -0.628. The van der Waals surface area contributed by atoms with E-state index in [1.54, 1.807) is 36.5 Å². The number of hydrogen-bond donors (Lipinski definition) is 2. The molecule has 3 N–H and O–H groups in total. The summed E-state index contributed by atoms with van der Waals surface area (Å²) in [5.74, 6) is -1.09. The van der Waals surface area contributed by atoms with Gasteiger partial charge in [0, 0.05) is 51.5 Å². The number of anilines is 1. The van der Waals surface area contributed by atoms with E-state index in [2.05, 4.69) is 10.3 Å². The molecule has 0 unspecified atom stereocenters. The molecule has 6 aromatic rings. The highest BCUT2D eigenvalue weighted by atomic mass is 19.1. The zero-order chi connectivity index (χ0) is 23.4. The Kier molecular flexibility index (Phi) is 4.45. The molecule has 0 aliphatic heterocycles. The number of nitrogens with zero attached hydrogens (tertiary/aromatic N) is 1. The third kappa shape index (κ3) is 3.21. The topological polar surface area (TPSA) is 81.1 Å². The molecule has 3 heterocycles. The second kappa shape index (κ2) is 7.52. The fourth-order valence-corrected chi connectivity index (χ4v) is 4.39. The molecule has 0 aliphatic rings. The van der Waals surface area contributed by atoms with Gasteiger partial charge in [-0.15, -0.1) is 0 Å². The summed E-state index contributed by atoms with van der Waals surface area (Å²) >= 11 is 0. The van der Waals surface area contributed by atoms with E-state index in [0.717, 1.165) is 33.2 Å². The molecule has 0 aliphatic carbocycles. The van der Waals surface area contributed by atoms with Crippen LogP contribution in [0.15, 0.2) is 77.3 Å². The molecule has 0 fully saturated rings. The van der Waals surface area contributed by atoms with Crippen LogP contribution in [0.4, 0.5) is 14.6 Å². The zero-order valence-electron chi connectivity index (χ0n) is 17.7. The van der Waals surface area contributed by atoms with Crippen LogP contribution in [0.5, 0.6) is 0 Å². The Bertz CT molecular complexity index is 1720. The van der Waals surface area contributed by atoms with Gasteiger partial charge in [-0.3, -0.25) is 4.79 Å². The summed E-state index contributed by atoms with van der Waals surface area (Å²) in [5, 5.41) is 6.31. The van der Waals surface area contributed by atoms with Gasteiger partial charge in [-0.1, -0.05) is 6.07 Å². The van der Waals surface area contributed by atoms with E-state index >= 15 is 0 Å². The minimum absolute atomic E-state index is 0.228. The summed E-state index contributed by atoms with van der Waals surface area (Å²) in [6.45, 7) is 0.322. The second-order valence-corrected chi connectivity index (χ2v) is 8.18. The van der Waals surface area contributed by atoms with Crippen molar-refractivity contribution in [2.24, 2.45) is 0 Å². The predicted molar refractivity (Wildman–Crippen MR) is 128 cm³/mol. The highest BCUT2D eigenvalue weighted by Gasteiger charge is 2.20. The van der Waals surface area contributed by atoms with Crippen molar-refractivity contribution in [3.63, 3.8) is 0 Å². The number of halogens is 2. The monoisotopic (exact) mass is 453 g/mol. The summed E-state index contributed by atoms with van der Waals surface area (Å²) < 4.78 is 33.7.